The van der Waals surface area contributed by atoms with Crippen LogP contribution in [-0.2, 0) is 0 Å². The van der Waals surface area contributed by atoms with Gasteiger partial charge in [-0.25, -0.2) is 15.0 Å². The average molecular weight is 289 g/mol. The summed E-state index contributed by atoms with van der Waals surface area (Å²) in [6.45, 7) is 6.08. The summed E-state index contributed by atoms with van der Waals surface area (Å²) in [5.74, 6) is 2.20. The topological polar surface area (TPSA) is 62.7 Å². The lowest BCUT2D eigenvalue weighted by Gasteiger charge is -2.22. The maximum atomic E-state index is 4.67. The van der Waals surface area contributed by atoms with E-state index in [1.807, 2.05) is 25.3 Å². The quantitative estimate of drug-likeness (QED) is 0.909. The SMILES string of the molecule is Cc1cc(Nc2nc(C)cs2)nc([C@H]2CCCNC2)n1. The summed E-state index contributed by atoms with van der Waals surface area (Å²) in [6.07, 6.45) is 2.35. The van der Waals surface area contributed by atoms with Crippen LogP contribution in [0.2, 0.25) is 0 Å². The summed E-state index contributed by atoms with van der Waals surface area (Å²) < 4.78 is 0. The Labute approximate surface area is 122 Å². The van der Waals surface area contributed by atoms with Crippen LogP contribution in [-0.4, -0.2) is 28.0 Å². The smallest absolute Gasteiger partial charge is 0.188 e. The number of thiazole rings is 1. The second kappa shape index (κ2) is 5.85. The van der Waals surface area contributed by atoms with E-state index in [0.717, 1.165) is 47.7 Å². The monoisotopic (exact) mass is 289 g/mol. The molecule has 106 valence electrons. The third-order valence-corrected chi connectivity index (χ3v) is 4.26. The van der Waals surface area contributed by atoms with Crippen molar-refractivity contribution in [2.75, 3.05) is 18.4 Å². The maximum absolute atomic E-state index is 4.67. The highest BCUT2D eigenvalue weighted by Crippen LogP contribution is 2.24. The van der Waals surface area contributed by atoms with Crippen LogP contribution < -0.4 is 10.6 Å². The molecule has 1 saturated heterocycles. The number of nitrogens with one attached hydrogen (secondary N) is 2. The standard InChI is InChI=1S/C14H19N5S/c1-9-6-12(19-14-17-10(2)8-20-14)18-13(16-9)11-4-3-5-15-7-11/h6,8,11,15H,3-5,7H2,1-2H3,(H,16,17,18,19)/t11-/m0/s1. The highest BCUT2D eigenvalue weighted by molar-refractivity contribution is 7.13. The molecule has 2 aromatic heterocycles. The predicted octanol–water partition coefficient (Wildman–Crippen LogP) is 2.76. The van der Waals surface area contributed by atoms with Crippen LogP contribution in [0.1, 0.15) is 36.0 Å². The first-order chi connectivity index (χ1) is 9.70. The van der Waals surface area contributed by atoms with Gasteiger partial charge < -0.3 is 10.6 Å². The number of aromatic nitrogens is 3. The van der Waals surface area contributed by atoms with Crippen molar-refractivity contribution in [3.63, 3.8) is 0 Å². The molecule has 6 heteroatoms. The molecule has 0 aromatic carbocycles. The zero-order chi connectivity index (χ0) is 13.9. The lowest BCUT2D eigenvalue weighted by Crippen LogP contribution is -2.29. The van der Waals surface area contributed by atoms with Crippen LogP contribution in [0.3, 0.4) is 0 Å². The van der Waals surface area contributed by atoms with E-state index in [1.165, 1.54) is 6.42 Å². The van der Waals surface area contributed by atoms with Gasteiger partial charge in [-0.1, -0.05) is 0 Å². The van der Waals surface area contributed by atoms with Gasteiger partial charge in [0.05, 0.1) is 5.69 Å². The van der Waals surface area contributed by atoms with Gasteiger partial charge in [0.1, 0.15) is 11.6 Å². The second-order valence-corrected chi connectivity index (χ2v) is 6.07. The molecule has 1 aliphatic rings. The van der Waals surface area contributed by atoms with Crippen molar-refractivity contribution in [2.45, 2.75) is 32.6 Å². The minimum Gasteiger partial charge on any atom is -0.316 e. The van der Waals surface area contributed by atoms with Gasteiger partial charge in [-0.05, 0) is 33.2 Å². The first-order valence-electron chi connectivity index (χ1n) is 6.96. The lowest BCUT2D eigenvalue weighted by atomic mass is 9.99. The highest BCUT2D eigenvalue weighted by atomic mass is 32.1. The van der Waals surface area contributed by atoms with Gasteiger partial charge in [0, 0.05) is 29.6 Å². The van der Waals surface area contributed by atoms with Crippen LogP contribution >= 0.6 is 11.3 Å². The van der Waals surface area contributed by atoms with Crippen molar-refractivity contribution >= 4 is 22.3 Å². The van der Waals surface area contributed by atoms with E-state index >= 15 is 0 Å². The third kappa shape index (κ3) is 3.13. The second-order valence-electron chi connectivity index (χ2n) is 5.22. The fourth-order valence-corrected chi connectivity index (χ4v) is 3.13. The summed E-state index contributed by atoms with van der Waals surface area (Å²) in [6, 6.07) is 1.97. The molecule has 1 atom stereocenters. The Bertz CT molecular complexity index is 589. The first-order valence-corrected chi connectivity index (χ1v) is 7.84. The van der Waals surface area contributed by atoms with E-state index in [9.17, 15) is 0 Å². The lowest BCUT2D eigenvalue weighted by molar-refractivity contribution is 0.446. The molecule has 0 bridgehead atoms. The van der Waals surface area contributed by atoms with Crippen molar-refractivity contribution in [3.8, 4) is 0 Å². The Kier molecular flexibility index (Phi) is 3.93. The van der Waals surface area contributed by atoms with Crippen molar-refractivity contribution in [2.24, 2.45) is 0 Å². The summed E-state index contributed by atoms with van der Waals surface area (Å²) in [4.78, 5) is 13.7. The fraction of sp³-hybridized carbons (Fsp3) is 0.500. The Morgan fingerprint density at radius 2 is 2.15 bits per heavy atom. The Morgan fingerprint density at radius 1 is 1.25 bits per heavy atom. The minimum atomic E-state index is 0.419. The molecule has 0 aliphatic carbocycles. The number of nitrogens with zero attached hydrogens (tertiary/aromatic N) is 3. The predicted molar refractivity (Wildman–Crippen MR) is 81.7 cm³/mol. The molecular weight excluding hydrogens is 270 g/mol. The fourth-order valence-electron chi connectivity index (χ4n) is 2.43. The number of hydrogen-bond acceptors (Lipinski definition) is 6. The Morgan fingerprint density at radius 3 is 2.85 bits per heavy atom. The highest BCUT2D eigenvalue weighted by Gasteiger charge is 2.18. The molecular formula is C14H19N5S. The normalized spacial score (nSPS) is 19.0. The number of aryl methyl sites for hydroxylation is 2. The molecule has 3 heterocycles. The number of anilines is 2. The molecule has 20 heavy (non-hydrogen) atoms. The summed E-state index contributed by atoms with van der Waals surface area (Å²) in [5.41, 5.74) is 2.02. The molecule has 1 fully saturated rings. The van der Waals surface area contributed by atoms with Crippen molar-refractivity contribution in [1.29, 1.82) is 0 Å². The number of rotatable bonds is 3. The van der Waals surface area contributed by atoms with Crippen LogP contribution in [0.5, 0.6) is 0 Å². The van der Waals surface area contributed by atoms with Crippen LogP contribution in [0, 0.1) is 13.8 Å². The van der Waals surface area contributed by atoms with E-state index in [0.29, 0.717) is 5.92 Å². The third-order valence-electron chi connectivity index (χ3n) is 3.39. The minimum absolute atomic E-state index is 0.419. The average Bonchev–Trinajstić information content (AvgIpc) is 2.84. The molecule has 0 spiro atoms. The van der Waals surface area contributed by atoms with E-state index in [-0.39, 0.29) is 0 Å². The van der Waals surface area contributed by atoms with Gasteiger partial charge in [-0.2, -0.15) is 0 Å². The summed E-state index contributed by atoms with van der Waals surface area (Å²) in [5, 5.41) is 9.61. The van der Waals surface area contributed by atoms with E-state index in [4.69, 9.17) is 0 Å². The van der Waals surface area contributed by atoms with E-state index in [1.54, 1.807) is 11.3 Å². The zero-order valence-electron chi connectivity index (χ0n) is 11.8. The van der Waals surface area contributed by atoms with Crippen LogP contribution in [0.4, 0.5) is 10.9 Å². The van der Waals surface area contributed by atoms with Gasteiger partial charge in [0.15, 0.2) is 5.13 Å². The van der Waals surface area contributed by atoms with Crippen LogP contribution in [0.15, 0.2) is 11.4 Å². The molecule has 0 saturated carbocycles. The van der Waals surface area contributed by atoms with E-state index < -0.39 is 0 Å². The molecule has 3 rings (SSSR count). The maximum Gasteiger partial charge on any atom is 0.188 e. The van der Waals surface area contributed by atoms with Gasteiger partial charge in [0.2, 0.25) is 0 Å². The first kappa shape index (κ1) is 13.5. The molecule has 0 amide bonds. The van der Waals surface area contributed by atoms with Crippen molar-refractivity contribution < 1.29 is 0 Å². The van der Waals surface area contributed by atoms with Crippen LogP contribution in [0.25, 0.3) is 0 Å². The van der Waals surface area contributed by atoms with Crippen molar-refractivity contribution in [1.82, 2.24) is 20.3 Å². The summed E-state index contributed by atoms with van der Waals surface area (Å²) in [7, 11) is 0. The van der Waals surface area contributed by atoms with Gasteiger partial charge >= 0.3 is 0 Å². The number of hydrogen-bond donors (Lipinski definition) is 2. The Balaban J connectivity index is 1.82. The molecule has 2 N–H and O–H groups in total. The number of piperidine rings is 1. The largest absolute Gasteiger partial charge is 0.316 e. The van der Waals surface area contributed by atoms with Crippen molar-refractivity contribution in [3.05, 3.63) is 28.7 Å². The molecule has 0 radical (unpaired) electrons. The van der Waals surface area contributed by atoms with Gasteiger partial charge in [0.25, 0.3) is 0 Å². The molecule has 2 aromatic rings. The molecule has 5 nitrogen and oxygen atoms in total. The molecule has 0 unspecified atom stereocenters. The zero-order valence-corrected chi connectivity index (χ0v) is 12.6. The van der Waals surface area contributed by atoms with E-state index in [2.05, 4.69) is 25.6 Å². The summed E-state index contributed by atoms with van der Waals surface area (Å²) >= 11 is 1.60. The van der Waals surface area contributed by atoms with Gasteiger partial charge in [-0.15, -0.1) is 11.3 Å². The molecule has 1 aliphatic heterocycles. The van der Waals surface area contributed by atoms with Gasteiger partial charge in [-0.3, -0.25) is 0 Å². The Hall–Kier alpha value is -1.53.